The minimum Gasteiger partial charge on any atom is -0.508 e. The number of aromatic hydroxyl groups is 1. The molecule has 31 heteroatoms. The number of primary amides is 2. The van der Waals surface area contributed by atoms with Gasteiger partial charge in [-0.05, 0) is 121 Å². The van der Waals surface area contributed by atoms with Gasteiger partial charge in [-0.15, -0.1) is 0 Å². The van der Waals surface area contributed by atoms with Gasteiger partial charge < -0.3 is 62.8 Å². The van der Waals surface area contributed by atoms with E-state index in [1.807, 2.05) is 80.6 Å². The van der Waals surface area contributed by atoms with Gasteiger partial charge in [0.2, 0.25) is 47.3 Å². The summed E-state index contributed by atoms with van der Waals surface area (Å²) in [5.41, 5.74) is 15.9. The first kappa shape index (κ1) is 105. The van der Waals surface area contributed by atoms with Crippen LogP contribution in [-0.2, 0) is 112 Å². The monoisotopic (exact) mass is 1840 g/mol. The lowest BCUT2D eigenvalue weighted by atomic mass is 9.77. The average Bonchev–Trinajstić information content (AvgIpc) is 0.838. The molecule has 30 nitrogen and oxygen atoms in total. The molecule has 2 aliphatic heterocycles. The number of hydrogen-bond acceptors (Lipinski definition) is 21. The third-order valence-electron chi connectivity index (χ3n) is 25.1. The van der Waals surface area contributed by atoms with Gasteiger partial charge in [0.25, 0.3) is 0 Å². The van der Waals surface area contributed by atoms with Crippen LogP contribution >= 0.6 is 11.8 Å². The molecule has 0 bridgehead atoms. The van der Waals surface area contributed by atoms with Crippen molar-refractivity contribution >= 4 is 128 Å². The third kappa shape index (κ3) is 31.9. The molecule has 14 atom stereocenters. The van der Waals surface area contributed by atoms with E-state index in [1.54, 1.807) is 90.2 Å². The number of ketones is 9. The number of aliphatic hydroxyl groups excluding tert-OH is 1. The number of para-hydroxylation sites is 1. The highest BCUT2D eigenvalue weighted by Crippen LogP contribution is 2.36. The van der Waals surface area contributed by atoms with E-state index in [2.05, 4.69) is 26.3 Å². The summed E-state index contributed by atoms with van der Waals surface area (Å²) >= 11 is 0.828. The van der Waals surface area contributed by atoms with Crippen LogP contribution in [-0.4, -0.2) is 204 Å². The maximum Gasteiger partial charge on any atom is 0.304 e. The van der Waals surface area contributed by atoms with Gasteiger partial charge in [0.1, 0.15) is 64.4 Å². The van der Waals surface area contributed by atoms with E-state index >= 15 is 33.6 Å². The fraction of sp³-hybridized carbons (Fsp3) is 0.505. The SMILES string of the molecule is CC(C)C[C@@H]1CC(=O)[C@H](Cc2c[nH]c3ccccc23)CC(=O)[C@H](CC(=O)O)CC(=O)[C@H](Cc2ccc(O)cc2)NC(=O)[C@H](Cc2ccccc2)NC(=O)CSC[C@@H](C(=O)N[C@@H](C)C(N)=O)CC(=O)[C@H](CO)CC(=O)[C@H](C(C)C)CC(=O)[C@H](CC(C)C)CC(=O)[C@H](CC(N)=O)NC(=O)CN(C)C(=O)[C@H]2CCN2C(=O)[C@H](C(C)C)CC(=O)[C@H](Cc2ccc(-c3ccccc3)cc2)CC1=O. The first-order valence-electron chi connectivity index (χ1n) is 45.5. The number of carbonyl (C=O) groups is 18. The van der Waals surface area contributed by atoms with Gasteiger partial charge in [0.05, 0.1) is 49.7 Å². The van der Waals surface area contributed by atoms with Crippen LogP contribution in [0.4, 0.5) is 0 Å². The van der Waals surface area contributed by atoms with E-state index in [0.717, 1.165) is 27.8 Å². The maximum absolute atomic E-state index is 15.7. The number of benzene rings is 5. The van der Waals surface area contributed by atoms with Gasteiger partial charge in [-0.2, -0.15) is 11.8 Å². The summed E-state index contributed by atoms with van der Waals surface area (Å²) in [5, 5.41) is 43.0. The zero-order chi connectivity index (χ0) is 96.9. The van der Waals surface area contributed by atoms with Gasteiger partial charge in [0, 0.05) is 148 Å². The minimum atomic E-state index is -1.64. The molecular formula is C101H129N9O21S. The number of thioether (sulfide) groups is 1. The minimum absolute atomic E-state index is 0.0114. The highest BCUT2D eigenvalue weighted by atomic mass is 32.2. The van der Waals surface area contributed by atoms with E-state index in [0.29, 0.717) is 33.2 Å². The Morgan fingerprint density at radius 2 is 0.970 bits per heavy atom. The Morgan fingerprint density at radius 3 is 1.55 bits per heavy atom. The van der Waals surface area contributed by atoms with E-state index in [9.17, 15) is 68.1 Å². The predicted molar refractivity (Wildman–Crippen MR) is 497 cm³/mol. The van der Waals surface area contributed by atoms with E-state index < -0.39 is 284 Å². The smallest absolute Gasteiger partial charge is 0.304 e. The van der Waals surface area contributed by atoms with Gasteiger partial charge in [0.15, 0.2) is 11.6 Å². The number of aliphatic carboxylic acids is 1. The molecule has 0 unspecified atom stereocenters. The number of nitrogens with zero attached hydrogens (tertiary/aromatic N) is 2. The Labute approximate surface area is 775 Å². The number of H-pyrrole nitrogens is 1. The standard InChI is InChI=1S/C101H129N9O21S/c1-57(2)35-67-41-85(114)70(40-72-52-104-79-24-18-17-23-76(72)79)43-86(115)71(48-96(125)126)45-91(120)80(38-64-27-31-75(112)32-28-64)108-99(129)82(39-62-19-13-11-14-20-62)107-95(124)56-132-55-74(98(128)105-61(9)97(103)127)47-87(116)73(54-111)46-90(119)77(59(5)6)49-88(117)68(36-58(3)4)44-92(121)81(51-93(102)122)106-94(123)53-109(10)101(131)83-33-34-110(83)100(130)78(60(7)8)50-89(118)69(42-84(67)113)37-63-25-29-66(30-26-63)65-21-15-12-16-22-65/h11-32,52,57-61,67-71,73-74,77-78,80-83,104,111-112H,33-51,53-56H2,1-10H3,(H2,102,122)(H2,103,127)(H,105,128)(H,106,123)(H,107,124)(H,108,129)(H,125,126)/t61-,67+,68+,69+,70+,71-,73-,74-,77-,78-,80-,81-,82-,83+/m0/s1. The number of nitrogens with one attached hydrogen (secondary N) is 5. The van der Waals surface area contributed by atoms with Crippen molar-refractivity contribution in [1.29, 1.82) is 0 Å². The Morgan fingerprint density at radius 1 is 0.485 bits per heavy atom. The van der Waals surface area contributed by atoms with Crippen LogP contribution in [0, 0.1) is 76.9 Å². The third-order valence-corrected chi connectivity index (χ3v) is 26.2. The number of phenols is 1. The Hall–Kier alpha value is -12.0. The number of aromatic amines is 1. The Bertz CT molecular complexity index is 5090. The quantitative estimate of drug-likeness (QED) is 0.0286. The highest BCUT2D eigenvalue weighted by molar-refractivity contribution is 7.99. The summed E-state index contributed by atoms with van der Waals surface area (Å²) in [4.78, 5) is 267. The molecule has 0 spiro atoms. The summed E-state index contributed by atoms with van der Waals surface area (Å²) in [6.45, 7) is 13.9. The van der Waals surface area contributed by atoms with Gasteiger partial charge in [-0.25, -0.2) is 0 Å². The predicted octanol–water partition coefficient (Wildman–Crippen LogP) is 8.99. The molecule has 0 radical (unpaired) electrons. The van der Waals surface area contributed by atoms with Crippen molar-refractivity contribution in [2.45, 2.75) is 208 Å². The molecule has 6 aromatic rings. The molecule has 132 heavy (non-hydrogen) atoms. The molecule has 8 rings (SSSR count). The molecule has 2 aliphatic rings. The number of phenolic OH excluding ortho intramolecular Hbond substituents is 1. The normalized spacial score (nSPS) is 24.0. The van der Waals surface area contributed by atoms with E-state index in [1.165, 1.54) is 43.1 Å². The lowest BCUT2D eigenvalue weighted by Crippen LogP contribution is -2.61. The number of likely N-dealkylation sites (N-methyl/N-ethyl adjacent to an activating group) is 1. The number of carboxylic acids is 1. The van der Waals surface area contributed by atoms with E-state index in [-0.39, 0.29) is 81.2 Å². The average molecular weight is 1840 g/mol. The molecular weight excluding hydrogens is 1710 g/mol. The van der Waals surface area contributed by atoms with Crippen LogP contribution in [0.3, 0.4) is 0 Å². The van der Waals surface area contributed by atoms with Crippen LogP contribution < -0.4 is 32.7 Å². The van der Waals surface area contributed by atoms with Crippen molar-refractivity contribution in [3.05, 3.63) is 162 Å². The zero-order valence-corrected chi connectivity index (χ0v) is 77.9. The second-order valence-electron chi connectivity index (χ2n) is 37.2. The summed E-state index contributed by atoms with van der Waals surface area (Å²) in [6, 6.07) is 31.2. The lowest BCUT2D eigenvalue weighted by molar-refractivity contribution is -0.157. The number of nitrogens with two attached hydrogens (primary N) is 2. The zero-order valence-electron chi connectivity index (χ0n) is 77.1. The van der Waals surface area contributed by atoms with Crippen LogP contribution in [0.1, 0.15) is 174 Å². The number of amides is 8. The Balaban J connectivity index is 1.18. The van der Waals surface area contributed by atoms with Crippen molar-refractivity contribution in [3.63, 3.8) is 0 Å². The van der Waals surface area contributed by atoms with Crippen LogP contribution in [0.2, 0.25) is 0 Å². The molecule has 0 saturated carbocycles. The topological polar surface area (TPSA) is 490 Å². The van der Waals surface area contributed by atoms with E-state index in [4.69, 9.17) is 11.5 Å². The molecule has 12 N–H and O–H groups in total. The number of Topliss-reactive ketones (excluding diaryl/α,β-unsaturated/α-hetero) is 9. The number of rotatable bonds is 23. The summed E-state index contributed by atoms with van der Waals surface area (Å²) in [5.74, 6) is -27.8. The number of aromatic nitrogens is 1. The number of hydrogen-bond donors (Lipinski definition) is 10. The number of carbonyl (C=O) groups excluding carboxylic acids is 17. The maximum atomic E-state index is 15.7. The molecule has 2 fully saturated rings. The van der Waals surface area contributed by atoms with Crippen molar-refractivity contribution in [1.82, 2.24) is 36.1 Å². The molecule has 1 aromatic heterocycles. The number of carboxylic acid groups (broad SMARTS) is 1. The fourth-order valence-corrected chi connectivity index (χ4v) is 18.3. The first-order valence-corrected chi connectivity index (χ1v) is 46.7. The molecule has 8 amide bonds. The number of aliphatic hydroxyl groups is 1. The second kappa shape index (κ2) is 50.6. The number of fused-ring (bicyclic) bond motifs is 2. The molecule has 5 aromatic carbocycles. The second-order valence-corrected chi connectivity index (χ2v) is 38.2. The summed E-state index contributed by atoms with van der Waals surface area (Å²) in [6.07, 6.45) is -5.14. The fourth-order valence-electron chi connectivity index (χ4n) is 17.4. The van der Waals surface area contributed by atoms with Gasteiger partial charge in [-0.1, -0.05) is 171 Å². The van der Waals surface area contributed by atoms with Crippen LogP contribution in [0.5, 0.6) is 5.75 Å². The largest absolute Gasteiger partial charge is 0.508 e. The molecule has 2 saturated heterocycles. The van der Waals surface area contributed by atoms with Gasteiger partial charge >= 0.3 is 5.97 Å². The highest BCUT2D eigenvalue weighted by Gasteiger charge is 2.45. The van der Waals surface area contributed by atoms with Crippen LogP contribution in [0.25, 0.3) is 22.0 Å². The van der Waals surface area contributed by atoms with Crippen molar-refractivity contribution in [2.24, 2.45) is 88.4 Å². The van der Waals surface area contributed by atoms with Crippen molar-refractivity contribution in [2.75, 3.05) is 38.2 Å². The summed E-state index contributed by atoms with van der Waals surface area (Å²) in [7, 11) is 1.31. The van der Waals surface area contributed by atoms with Gasteiger partial charge in [-0.3, -0.25) is 86.3 Å². The lowest BCUT2D eigenvalue weighted by Gasteiger charge is -2.43. The van der Waals surface area contributed by atoms with Crippen molar-refractivity contribution in [3.8, 4) is 16.9 Å². The molecule has 3 heterocycles. The van der Waals surface area contributed by atoms with Crippen molar-refractivity contribution < 1.29 is 102 Å². The Kier molecular flexibility index (Phi) is 40.4. The summed E-state index contributed by atoms with van der Waals surface area (Å²) < 4.78 is 0. The van der Waals surface area contributed by atoms with Crippen LogP contribution in [0.15, 0.2) is 140 Å². The molecule has 710 valence electrons. The molecule has 0 aliphatic carbocycles. The first-order chi connectivity index (χ1) is 62.6.